The SMILES string of the molecule is Cc1ccc(-c2noc(-c3sccc3NC(=O)c3ccc(Cl)nc3)n2)cc1. The Kier molecular flexibility index (Phi) is 4.70. The van der Waals surface area contributed by atoms with Gasteiger partial charge in [0.1, 0.15) is 10.0 Å². The number of nitrogens with one attached hydrogen (secondary N) is 1. The van der Waals surface area contributed by atoms with E-state index in [1.165, 1.54) is 17.5 Å². The molecule has 3 heterocycles. The van der Waals surface area contributed by atoms with Crippen molar-refractivity contribution in [3.05, 3.63) is 70.3 Å². The number of amides is 1. The molecule has 1 aromatic carbocycles. The monoisotopic (exact) mass is 396 g/mol. The number of carbonyl (C=O) groups is 1. The van der Waals surface area contributed by atoms with Gasteiger partial charge in [-0.1, -0.05) is 46.6 Å². The van der Waals surface area contributed by atoms with E-state index in [9.17, 15) is 4.79 Å². The molecule has 0 bridgehead atoms. The minimum Gasteiger partial charge on any atom is -0.333 e. The lowest BCUT2D eigenvalue weighted by atomic mass is 10.1. The van der Waals surface area contributed by atoms with E-state index in [0.29, 0.717) is 33.0 Å². The molecule has 4 rings (SSSR count). The molecule has 0 saturated carbocycles. The highest BCUT2D eigenvalue weighted by Gasteiger charge is 2.18. The van der Waals surface area contributed by atoms with E-state index in [0.717, 1.165) is 11.1 Å². The van der Waals surface area contributed by atoms with Crippen molar-refractivity contribution in [2.45, 2.75) is 6.92 Å². The standard InChI is InChI=1S/C19H13ClN4O2S/c1-11-2-4-12(5-3-11)17-23-19(26-24-17)16-14(8-9-27-16)22-18(25)13-6-7-15(20)21-10-13/h2-10H,1H3,(H,22,25). The first-order valence-corrected chi connectivity index (χ1v) is 9.27. The second kappa shape index (κ2) is 7.30. The molecule has 0 atom stereocenters. The minimum absolute atomic E-state index is 0.294. The largest absolute Gasteiger partial charge is 0.333 e. The first kappa shape index (κ1) is 17.4. The van der Waals surface area contributed by atoms with Crippen LogP contribution in [0.4, 0.5) is 5.69 Å². The molecular weight excluding hydrogens is 384 g/mol. The summed E-state index contributed by atoms with van der Waals surface area (Å²) in [5.41, 5.74) is 3.02. The van der Waals surface area contributed by atoms with Crippen molar-refractivity contribution in [1.29, 1.82) is 0 Å². The van der Waals surface area contributed by atoms with Gasteiger partial charge in [0.25, 0.3) is 11.8 Å². The fourth-order valence-corrected chi connectivity index (χ4v) is 3.30. The maximum atomic E-state index is 12.4. The zero-order chi connectivity index (χ0) is 18.8. The smallest absolute Gasteiger partial charge is 0.270 e. The Hall–Kier alpha value is -3.03. The summed E-state index contributed by atoms with van der Waals surface area (Å²) in [5.74, 6) is 0.555. The van der Waals surface area contributed by atoms with E-state index in [2.05, 4.69) is 20.4 Å². The fraction of sp³-hybridized carbons (Fsp3) is 0.0526. The summed E-state index contributed by atoms with van der Waals surface area (Å²) >= 11 is 7.16. The third kappa shape index (κ3) is 3.74. The van der Waals surface area contributed by atoms with E-state index >= 15 is 0 Å². The van der Waals surface area contributed by atoms with Gasteiger partial charge in [0.2, 0.25) is 5.82 Å². The summed E-state index contributed by atoms with van der Waals surface area (Å²) < 4.78 is 5.41. The van der Waals surface area contributed by atoms with Crippen molar-refractivity contribution in [1.82, 2.24) is 15.1 Å². The molecule has 6 nitrogen and oxygen atoms in total. The van der Waals surface area contributed by atoms with E-state index in [1.807, 2.05) is 36.6 Å². The van der Waals surface area contributed by atoms with Crippen molar-refractivity contribution in [2.75, 3.05) is 5.32 Å². The van der Waals surface area contributed by atoms with Crippen LogP contribution in [0.15, 0.2) is 58.6 Å². The van der Waals surface area contributed by atoms with Crippen LogP contribution in [-0.4, -0.2) is 21.0 Å². The molecule has 8 heteroatoms. The number of benzene rings is 1. The highest BCUT2D eigenvalue weighted by molar-refractivity contribution is 7.14. The van der Waals surface area contributed by atoms with Gasteiger partial charge in [-0.15, -0.1) is 11.3 Å². The average Bonchev–Trinajstić information content (AvgIpc) is 3.32. The van der Waals surface area contributed by atoms with E-state index < -0.39 is 0 Å². The zero-order valence-corrected chi connectivity index (χ0v) is 15.7. The molecule has 0 aliphatic rings. The molecule has 0 radical (unpaired) electrons. The van der Waals surface area contributed by atoms with Crippen molar-refractivity contribution < 1.29 is 9.32 Å². The number of rotatable bonds is 4. The molecule has 0 aliphatic carbocycles. The Morgan fingerprint density at radius 1 is 1.15 bits per heavy atom. The Balaban J connectivity index is 1.58. The van der Waals surface area contributed by atoms with Gasteiger partial charge in [-0.05, 0) is 30.5 Å². The van der Waals surface area contributed by atoms with Crippen LogP contribution in [0, 0.1) is 6.92 Å². The highest BCUT2D eigenvalue weighted by atomic mass is 35.5. The van der Waals surface area contributed by atoms with Crippen LogP contribution < -0.4 is 5.32 Å². The fourth-order valence-electron chi connectivity index (χ4n) is 2.41. The Labute approximate surface area is 163 Å². The second-order valence-corrected chi connectivity index (χ2v) is 7.08. The molecule has 1 amide bonds. The summed E-state index contributed by atoms with van der Waals surface area (Å²) in [5, 5.41) is 9.06. The lowest BCUT2D eigenvalue weighted by molar-refractivity contribution is 0.102. The van der Waals surface area contributed by atoms with Gasteiger partial charge in [0, 0.05) is 11.8 Å². The zero-order valence-electron chi connectivity index (χ0n) is 14.1. The van der Waals surface area contributed by atoms with Crippen LogP contribution in [0.5, 0.6) is 0 Å². The number of carbonyl (C=O) groups excluding carboxylic acids is 1. The van der Waals surface area contributed by atoms with Gasteiger partial charge in [-0.3, -0.25) is 4.79 Å². The topological polar surface area (TPSA) is 80.9 Å². The van der Waals surface area contributed by atoms with Crippen LogP contribution >= 0.6 is 22.9 Å². The Morgan fingerprint density at radius 3 is 2.70 bits per heavy atom. The van der Waals surface area contributed by atoms with Crippen LogP contribution in [0.3, 0.4) is 0 Å². The van der Waals surface area contributed by atoms with Crippen LogP contribution in [0.1, 0.15) is 15.9 Å². The number of nitrogens with zero attached hydrogens (tertiary/aromatic N) is 3. The molecule has 0 saturated heterocycles. The Morgan fingerprint density at radius 2 is 1.96 bits per heavy atom. The van der Waals surface area contributed by atoms with Gasteiger partial charge in [-0.25, -0.2) is 4.98 Å². The first-order chi connectivity index (χ1) is 13.1. The van der Waals surface area contributed by atoms with Gasteiger partial charge < -0.3 is 9.84 Å². The predicted octanol–water partition coefficient (Wildman–Crippen LogP) is 5.07. The third-order valence-corrected chi connectivity index (χ3v) is 4.96. The van der Waals surface area contributed by atoms with Crippen LogP contribution in [0.25, 0.3) is 22.2 Å². The van der Waals surface area contributed by atoms with Gasteiger partial charge in [0.05, 0.1) is 11.3 Å². The second-order valence-electron chi connectivity index (χ2n) is 5.78. The van der Waals surface area contributed by atoms with Crippen molar-refractivity contribution in [2.24, 2.45) is 0 Å². The maximum Gasteiger partial charge on any atom is 0.270 e. The number of aryl methyl sites for hydroxylation is 1. The minimum atomic E-state index is -0.294. The lowest BCUT2D eigenvalue weighted by Crippen LogP contribution is -2.12. The predicted molar refractivity (Wildman–Crippen MR) is 105 cm³/mol. The Bertz CT molecular complexity index is 1090. The number of hydrogen-bond donors (Lipinski definition) is 1. The number of anilines is 1. The number of hydrogen-bond acceptors (Lipinski definition) is 6. The van der Waals surface area contributed by atoms with Gasteiger partial charge >= 0.3 is 0 Å². The molecule has 1 N–H and O–H groups in total. The lowest BCUT2D eigenvalue weighted by Gasteiger charge is -2.04. The molecule has 0 spiro atoms. The number of pyridine rings is 1. The molecule has 0 aliphatic heterocycles. The molecule has 4 aromatic rings. The normalized spacial score (nSPS) is 10.7. The van der Waals surface area contributed by atoms with Crippen molar-refractivity contribution >= 4 is 34.5 Å². The highest BCUT2D eigenvalue weighted by Crippen LogP contribution is 2.34. The molecule has 0 fully saturated rings. The summed E-state index contributed by atoms with van der Waals surface area (Å²) in [7, 11) is 0. The molecule has 134 valence electrons. The van der Waals surface area contributed by atoms with E-state index in [-0.39, 0.29) is 5.91 Å². The summed E-state index contributed by atoms with van der Waals surface area (Å²) in [4.78, 5) is 21.5. The van der Waals surface area contributed by atoms with Crippen LogP contribution in [0.2, 0.25) is 5.15 Å². The summed E-state index contributed by atoms with van der Waals surface area (Å²) in [6.45, 7) is 2.02. The van der Waals surface area contributed by atoms with Crippen molar-refractivity contribution in [3.8, 4) is 22.2 Å². The van der Waals surface area contributed by atoms with Crippen LogP contribution in [-0.2, 0) is 0 Å². The molecular formula is C19H13ClN4O2S. The number of thiophene rings is 1. The van der Waals surface area contributed by atoms with Crippen molar-refractivity contribution in [3.63, 3.8) is 0 Å². The average molecular weight is 397 g/mol. The molecule has 0 unspecified atom stereocenters. The third-order valence-electron chi connectivity index (χ3n) is 3.83. The molecule has 3 aromatic heterocycles. The number of aromatic nitrogens is 3. The van der Waals surface area contributed by atoms with E-state index in [4.69, 9.17) is 16.1 Å². The quantitative estimate of drug-likeness (QED) is 0.487. The maximum absolute atomic E-state index is 12.4. The van der Waals surface area contributed by atoms with E-state index in [1.54, 1.807) is 18.2 Å². The summed E-state index contributed by atoms with van der Waals surface area (Å²) in [6, 6.07) is 12.8. The van der Waals surface area contributed by atoms with Gasteiger partial charge in [-0.2, -0.15) is 4.98 Å². The molecule has 27 heavy (non-hydrogen) atoms. The first-order valence-electron chi connectivity index (χ1n) is 8.01. The summed E-state index contributed by atoms with van der Waals surface area (Å²) in [6.07, 6.45) is 1.42. The number of halogens is 1. The van der Waals surface area contributed by atoms with Gasteiger partial charge in [0.15, 0.2) is 0 Å².